The van der Waals surface area contributed by atoms with Crippen LogP contribution in [0, 0.1) is 5.82 Å². The highest BCUT2D eigenvalue weighted by Gasteiger charge is 2.26. The monoisotopic (exact) mass is 242 g/mol. The van der Waals surface area contributed by atoms with Gasteiger partial charge in [-0.2, -0.15) is 0 Å². The van der Waals surface area contributed by atoms with Crippen LogP contribution in [-0.4, -0.2) is 31.4 Å². The highest BCUT2D eigenvalue weighted by atomic mass is 19.1. The van der Waals surface area contributed by atoms with Gasteiger partial charge in [0.1, 0.15) is 5.75 Å². The summed E-state index contributed by atoms with van der Waals surface area (Å²) in [7, 11) is 0.864. The van der Waals surface area contributed by atoms with Crippen LogP contribution in [0.4, 0.5) is 4.39 Å². The van der Waals surface area contributed by atoms with Crippen LogP contribution in [0.15, 0.2) is 6.07 Å². The van der Waals surface area contributed by atoms with Crippen LogP contribution < -0.4 is 14.9 Å². The average molecular weight is 242 g/mol. The van der Waals surface area contributed by atoms with E-state index in [1.165, 1.54) is 20.3 Å². The summed E-state index contributed by atoms with van der Waals surface area (Å²) in [5, 5.41) is 18.2. The topological polar surface area (TPSA) is 58.9 Å². The third-order valence-electron chi connectivity index (χ3n) is 2.53. The van der Waals surface area contributed by atoms with Crippen LogP contribution in [0.5, 0.6) is 11.5 Å². The fraction of sp³-hybridized carbons (Fsp3) is 0.455. The number of hydrogen-bond donors (Lipinski definition) is 2. The van der Waals surface area contributed by atoms with Gasteiger partial charge < -0.3 is 19.5 Å². The summed E-state index contributed by atoms with van der Waals surface area (Å²) in [5.41, 5.74) is 0.306. The average Bonchev–Trinajstić information content (AvgIpc) is 2.27. The molecule has 0 amide bonds. The normalized spacial score (nSPS) is 10.6. The second-order valence-electron chi connectivity index (χ2n) is 3.96. The molecule has 94 valence electrons. The first kappa shape index (κ1) is 13.8. The number of benzene rings is 1. The molecular formula is C11H16BFO4. The quantitative estimate of drug-likeness (QED) is 0.761. The Hall–Kier alpha value is -1.27. The van der Waals surface area contributed by atoms with Crippen molar-refractivity contribution in [1.82, 2.24) is 0 Å². The van der Waals surface area contributed by atoms with Gasteiger partial charge >= 0.3 is 7.12 Å². The van der Waals surface area contributed by atoms with E-state index in [1.807, 2.05) is 13.8 Å². The smallest absolute Gasteiger partial charge is 0.491 e. The maximum atomic E-state index is 14.0. The van der Waals surface area contributed by atoms with Crippen molar-refractivity contribution in [2.75, 3.05) is 14.2 Å². The Labute approximate surface area is 100 Å². The lowest BCUT2D eigenvalue weighted by Crippen LogP contribution is -2.33. The van der Waals surface area contributed by atoms with E-state index in [0.717, 1.165) is 0 Å². The highest BCUT2D eigenvalue weighted by Crippen LogP contribution is 2.36. The van der Waals surface area contributed by atoms with Crippen molar-refractivity contribution in [2.45, 2.75) is 19.8 Å². The van der Waals surface area contributed by atoms with Gasteiger partial charge in [-0.05, 0) is 12.0 Å². The van der Waals surface area contributed by atoms with Crippen molar-refractivity contribution < 1.29 is 23.9 Å². The molecule has 0 aliphatic rings. The minimum Gasteiger partial charge on any atom is -0.496 e. The summed E-state index contributed by atoms with van der Waals surface area (Å²) in [4.78, 5) is 0. The lowest BCUT2D eigenvalue weighted by Gasteiger charge is -2.18. The SMILES string of the molecule is COc1cc(B(O)O)c(F)c(OC)c1C(C)C. The number of ether oxygens (including phenoxy) is 2. The number of rotatable bonds is 4. The lowest BCUT2D eigenvalue weighted by molar-refractivity contribution is 0.361. The van der Waals surface area contributed by atoms with E-state index in [0.29, 0.717) is 11.3 Å². The summed E-state index contributed by atoms with van der Waals surface area (Å²) >= 11 is 0. The Kier molecular flexibility index (Phi) is 4.37. The van der Waals surface area contributed by atoms with E-state index in [1.54, 1.807) is 0 Å². The van der Waals surface area contributed by atoms with Gasteiger partial charge in [0.05, 0.1) is 14.2 Å². The van der Waals surface area contributed by atoms with E-state index >= 15 is 0 Å². The molecule has 0 spiro atoms. The molecule has 0 aliphatic carbocycles. The summed E-state index contributed by atoms with van der Waals surface area (Å²) < 4.78 is 24.1. The predicted octanol–water partition coefficient (Wildman–Crippen LogP) is 0.646. The predicted molar refractivity (Wildman–Crippen MR) is 63.4 cm³/mol. The molecule has 0 aliphatic heterocycles. The van der Waals surface area contributed by atoms with Crippen molar-refractivity contribution in [3.05, 3.63) is 17.4 Å². The van der Waals surface area contributed by atoms with E-state index in [-0.39, 0.29) is 17.1 Å². The Bertz CT molecular complexity index is 407. The van der Waals surface area contributed by atoms with Gasteiger partial charge in [-0.1, -0.05) is 13.8 Å². The van der Waals surface area contributed by atoms with Gasteiger partial charge in [-0.25, -0.2) is 4.39 Å². The third-order valence-corrected chi connectivity index (χ3v) is 2.53. The molecule has 0 fully saturated rings. The molecule has 0 saturated heterocycles. The second-order valence-corrected chi connectivity index (χ2v) is 3.96. The Morgan fingerprint density at radius 1 is 1.24 bits per heavy atom. The Morgan fingerprint density at radius 2 is 1.82 bits per heavy atom. The van der Waals surface area contributed by atoms with Crippen LogP contribution in [0.2, 0.25) is 0 Å². The van der Waals surface area contributed by atoms with E-state index in [4.69, 9.17) is 19.5 Å². The van der Waals surface area contributed by atoms with Gasteiger partial charge in [0.2, 0.25) is 0 Å². The van der Waals surface area contributed by atoms with Gasteiger partial charge in [-0.15, -0.1) is 0 Å². The van der Waals surface area contributed by atoms with E-state index in [9.17, 15) is 4.39 Å². The summed E-state index contributed by atoms with van der Waals surface area (Å²) in [5.74, 6) is -0.421. The zero-order valence-corrected chi connectivity index (χ0v) is 10.3. The van der Waals surface area contributed by atoms with Gasteiger partial charge in [0.15, 0.2) is 11.6 Å². The van der Waals surface area contributed by atoms with Gasteiger partial charge in [0, 0.05) is 11.0 Å². The number of methoxy groups -OCH3 is 2. The molecule has 0 bridgehead atoms. The molecule has 4 nitrogen and oxygen atoms in total. The fourth-order valence-corrected chi connectivity index (χ4v) is 1.75. The van der Waals surface area contributed by atoms with Crippen LogP contribution in [-0.2, 0) is 0 Å². The lowest BCUT2D eigenvalue weighted by atomic mass is 9.78. The molecule has 0 heterocycles. The molecule has 0 unspecified atom stereocenters. The minimum absolute atomic E-state index is 0.0116. The molecule has 0 radical (unpaired) electrons. The van der Waals surface area contributed by atoms with Gasteiger partial charge in [0.25, 0.3) is 0 Å². The standard InChI is InChI=1S/C11H16BFO4/c1-6(2)9-8(16-3)5-7(12(14)15)10(13)11(9)17-4/h5-6,14-15H,1-4H3. The van der Waals surface area contributed by atoms with Crippen LogP contribution in [0.25, 0.3) is 0 Å². The first-order valence-corrected chi connectivity index (χ1v) is 5.24. The molecule has 2 N–H and O–H groups in total. The summed E-state index contributed by atoms with van der Waals surface area (Å²) in [6.07, 6.45) is 0. The second kappa shape index (κ2) is 5.38. The van der Waals surface area contributed by atoms with Crippen molar-refractivity contribution in [3.8, 4) is 11.5 Å². The molecule has 1 aromatic rings. The molecule has 0 atom stereocenters. The highest BCUT2D eigenvalue weighted by molar-refractivity contribution is 6.58. The molecule has 17 heavy (non-hydrogen) atoms. The van der Waals surface area contributed by atoms with Crippen LogP contribution >= 0.6 is 0 Å². The van der Waals surface area contributed by atoms with Crippen molar-refractivity contribution in [1.29, 1.82) is 0 Å². The van der Waals surface area contributed by atoms with Crippen molar-refractivity contribution >= 4 is 12.6 Å². The number of halogens is 1. The molecule has 6 heteroatoms. The largest absolute Gasteiger partial charge is 0.496 e. The van der Waals surface area contributed by atoms with E-state index in [2.05, 4.69) is 0 Å². The summed E-state index contributed by atoms with van der Waals surface area (Å²) in [6, 6.07) is 1.28. The Morgan fingerprint density at radius 3 is 2.18 bits per heavy atom. The molecule has 0 aromatic heterocycles. The first-order chi connectivity index (χ1) is 7.93. The third kappa shape index (κ3) is 2.53. The van der Waals surface area contributed by atoms with Gasteiger partial charge in [-0.3, -0.25) is 0 Å². The zero-order valence-electron chi connectivity index (χ0n) is 10.3. The van der Waals surface area contributed by atoms with Crippen molar-refractivity contribution in [3.63, 3.8) is 0 Å². The van der Waals surface area contributed by atoms with E-state index < -0.39 is 12.9 Å². The zero-order chi connectivity index (χ0) is 13.2. The summed E-state index contributed by atoms with van der Waals surface area (Å²) in [6.45, 7) is 3.74. The van der Waals surface area contributed by atoms with Crippen molar-refractivity contribution in [2.24, 2.45) is 0 Å². The van der Waals surface area contributed by atoms with Crippen LogP contribution in [0.1, 0.15) is 25.3 Å². The molecule has 1 rings (SSSR count). The molecule has 1 aromatic carbocycles. The molecular weight excluding hydrogens is 226 g/mol. The number of hydrogen-bond acceptors (Lipinski definition) is 4. The maximum absolute atomic E-state index is 14.0. The first-order valence-electron chi connectivity index (χ1n) is 5.24. The molecule has 0 saturated carbocycles. The Balaban J connectivity index is 3.55. The fourth-order valence-electron chi connectivity index (χ4n) is 1.75. The van der Waals surface area contributed by atoms with Crippen LogP contribution in [0.3, 0.4) is 0 Å². The maximum Gasteiger partial charge on any atom is 0.491 e. The minimum atomic E-state index is -1.90.